The summed E-state index contributed by atoms with van der Waals surface area (Å²) >= 11 is 5.74. The Morgan fingerprint density at radius 1 is 1.38 bits per heavy atom. The van der Waals surface area contributed by atoms with Gasteiger partial charge in [-0.3, -0.25) is 0 Å². The fraction of sp³-hybridized carbons (Fsp3) is 0.364. The molecule has 0 aliphatic carbocycles. The Hall–Kier alpha value is -1.26. The van der Waals surface area contributed by atoms with Gasteiger partial charge in [-0.05, 0) is 17.7 Å². The van der Waals surface area contributed by atoms with E-state index in [4.69, 9.17) is 16.7 Å². The molecule has 86 valence electrons. The molecule has 1 aliphatic heterocycles. The molecule has 2 N–H and O–H groups in total. The highest BCUT2D eigenvalue weighted by Gasteiger charge is 2.35. The molecule has 0 aromatic heterocycles. The molecule has 1 heterocycles. The maximum absolute atomic E-state index is 10.6. The molecule has 1 fully saturated rings. The van der Waals surface area contributed by atoms with E-state index in [0.29, 0.717) is 18.1 Å². The second-order valence-electron chi connectivity index (χ2n) is 3.94. The smallest absolute Gasteiger partial charge is 0.407 e. The van der Waals surface area contributed by atoms with Gasteiger partial charge < -0.3 is 15.1 Å². The van der Waals surface area contributed by atoms with Crippen molar-refractivity contribution >= 4 is 17.7 Å². The SMILES string of the molecule is O=C(O)N1CC(C(O)c2ccc(Cl)cc2)C1. The first-order valence-electron chi connectivity index (χ1n) is 4.99. The molecule has 1 saturated heterocycles. The molecular weight excluding hydrogens is 230 g/mol. The second-order valence-corrected chi connectivity index (χ2v) is 4.38. The molecule has 1 aromatic carbocycles. The van der Waals surface area contributed by atoms with Crippen LogP contribution in [0.4, 0.5) is 4.79 Å². The fourth-order valence-electron chi connectivity index (χ4n) is 1.80. The summed E-state index contributed by atoms with van der Waals surface area (Å²) in [4.78, 5) is 11.8. The number of amides is 1. The average molecular weight is 242 g/mol. The third-order valence-corrected chi connectivity index (χ3v) is 3.09. The summed E-state index contributed by atoms with van der Waals surface area (Å²) in [5.41, 5.74) is 0.777. The number of carbonyl (C=O) groups is 1. The van der Waals surface area contributed by atoms with E-state index in [2.05, 4.69) is 0 Å². The lowest BCUT2D eigenvalue weighted by Crippen LogP contribution is -2.51. The van der Waals surface area contributed by atoms with E-state index in [1.165, 1.54) is 4.90 Å². The Kier molecular flexibility index (Phi) is 3.03. The van der Waals surface area contributed by atoms with Crippen LogP contribution < -0.4 is 0 Å². The summed E-state index contributed by atoms with van der Waals surface area (Å²) in [5.74, 6) is -0.0164. The molecule has 1 amide bonds. The van der Waals surface area contributed by atoms with Gasteiger partial charge in [0.05, 0.1) is 6.10 Å². The number of benzene rings is 1. The van der Waals surface area contributed by atoms with Crippen molar-refractivity contribution in [3.05, 3.63) is 34.9 Å². The minimum atomic E-state index is -0.931. The predicted molar refractivity (Wildman–Crippen MR) is 59.5 cm³/mol. The molecule has 1 aliphatic rings. The third-order valence-electron chi connectivity index (χ3n) is 2.84. The van der Waals surface area contributed by atoms with Crippen LogP contribution in [-0.2, 0) is 0 Å². The third kappa shape index (κ3) is 2.13. The van der Waals surface area contributed by atoms with E-state index in [0.717, 1.165) is 5.56 Å². The van der Waals surface area contributed by atoms with Crippen molar-refractivity contribution in [2.45, 2.75) is 6.10 Å². The minimum absolute atomic E-state index is 0.0164. The van der Waals surface area contributed by atoms with E-state index >= 15 is 0 Å². The van der Waals surface area contributed by atoms with Gasteiger partial charge in [-0.1, -0.05) is 23.7 Å². The van der Waals surface area contributed by atoms with Gasteiger partial charge >= 0.3 is 6.09 Å². The minimum Gasteiger partial charge on any atom is -0.465 e. The lowest BCUT2D eigenvalue weighted by molar-refractivity contribution is 0.00282. The largest absolute Gasteiger partial charge is 0.465 e. The standard InChI is InChI=1S/C11H12ClNO3/c12-9-3-1-7(2-4-9)10(14)8-5-13(6-8)11(15)16/h1-4,8,10,14H,5-6H2,(H,15,16). The van der Waals surface area contributed by atoms with Gasteiger partial charge in [0.1, 0.15) is 0 Å². The highest BCUT2D eigenvalue weighted by molar-refractivity contribution is 6.30. The van der Waals surface area contributed by atoms with E-state index in [1.807, 2.05) is 0 Å². The highest BCUT2D eigenvalue weighted by Crippen LogP contribution is 2.30. The summed E-state index contributed by atoms with van der Waals surface area (Å²) in [6.07, 6.45) is -1.55. The molecule has 1 atom stereocenters. The number of likely N-dealkylation sites (tertiary alicyclic amines) is 1. The van der Waals surface area contributed by atoms with Gasteiger partial charge in [0.2, 0.25) is 0 Å². The number of nitrogens with zero attached hydrogens (tertiary/aromatic N) is 1. The monoisotopic (exact) mass is 241 g/mol. The van der Waals surface area contributed by atoms with Crippen LogP contribution in [-0.4, -0.2) is 34.3 Å². The van der Waals surface area contributed by atoms with Crippen LogP contribution in [0.25, 0.3) is 0 Å². The molecule has 1 aromatic rings. The molecular formula is C11H12ClNO3. The first-order valence-corrected chi connectivity index (χ1v) is 5.37. The molecule has 0 radical (unpaired) electrons. The van der Waals surface area contributed by atoms with Gasteiger partial charge in [0, 0.05) is 24.0 Å². The van der Waals surface area contributed by atoms with Crippen LogP contribution in [0, 0.1) is 5.92 Å². The van der Waals surface area contributed by atoms with Crippen LogP contribution in [0.5, 0.6) is 0 Å². The number of hydrogen-bond acceptors (Lipinski definition) is 2. The molecule has 0 spiro atoms. The molecule has 2 rings (SSSR count). The highest BCUT2D eigenvalue weighted by atomic mass is 35.5. The molecule has 4 nitrogen and oxygen atoms in total. The van der Waals surface area contributed by atoms with Crippen molar-refractivity contribution in [1.29, 1.82) is 0 Å². The molecule has 5 heteroatoms. The summed E-state index contributed by atoms with van der Waals surface area (Å²) < 4.78 is 0. The summed E-state index contributed by atoms with van der Waals surface area (Å²) in [5, 5.41) is 19.3. The number of hydrogen-bond donors (Lipinski definition) is 2. The number of aliphatic hydroxyl groups excluding tert-OH is 1. The zero-order valence-corrected chi connectivity index (χ0v) is 9.26. The van der Waals surface area contributed by atoms with E-state index in [-0.39, 0.29) is 5.92 Å². The quantitative estimate of drug-likeness (QED) is 0.832. The molecule has 1 unspecified atom stereocenters. The van der Waals surface area contributed by atoms with E-state index < -0.39 is 12.2 Å². The van der Waals surface area contributed by atoms with Crippen molar-refractivity contribution < 1.29 is 15.0 Å². The van der Waals surface area contributed by atoms with Crippen molar-refractivity contribution in [3.63, 3.8) is 0 Å². The van der Waals surface area contributed by atoms with Crippen LogP contribution in [0.15, 0.2) is 24.3 Å². The molecule has 16 heavy (non-hydrogen) atoms. The lowest BCUT2D eigenvalue weighted by Gasteiger charge is -2.39. The Morgan fingerprint density at radius 3 is 2.44 bits per heavy atom. The molecule has 0 bridgehead atoms. The normalized spacial score (nSPS) is 18.0. The predicted octanol–water partition coefficient (Wildman–Crippen LogP) is 1.98. The average Bonchev–Trinajstić information content (AvgIpc) is 2.15. The van der Waals surface area contributed by atoms with E-state index in [9.17, 15) is 9.90 Å². The zero-order valence-electron chi connectivity index (χ0n) is 8.51. The van der Waals surface area contributed by atoms with Crippen molar-refractivity contribution in [1.82, 2.24) is 4.90 Å². The maximum Gasteiger partial charge on any atom is 0.407 e. The van der Waals surface area contributed by atoms with Gasteiger partial charge in [-0.2, -0.15) is 0 Å². The fourth-order valence-corrected chi connectivity index (χ4v) is 1.93. The van der Waals surface area contributed by atoms with Gasteiger partial charge in [-0.15, -0.1) is 0 Å². The number of halogens is 1. The van der Waals surface area contributed by atoms with Crippen molar-refractivity contribution in [2.75, 3.05) is 13.1 Å². The number of aliphatic hydroxyl groups is 1. The van der Waals surface area contributed by atoms with E-state index in [1.54, 1.807) is 24.3 Å². The Bertz CT molecular complexity index is 387. The van der Waals surface area contributed by atoms with Gasteiger partial charge in [0.25, 0.3) is 0 Å². The number of carboxylic acid groups (broad SMARTS) is 1. The lowest BCUT2D eigenvalue weighted by atomic mass is 9.89. The van der Waals surface area contributed by atoms with Crippen LogP contribution >= 0.6 is 11.6 Å². The van der Waals surface area contributed by atoms with Crippen LogP contribution in [0.2, 0.25) is 5.02 Å². The second kappa shape index (κ2) is 4.31. The Labute approximate surface area is 98.1 Å². The summed E-state index contributed by atoms with van der Waals surface area (Å²) in [7, 11) is 0. The number of rotatable bonds is 2. The topological polar surface area (TPSA) is 60.8 Å². The van der Waals surface area contributed by atoms with Crippen LogP contribution in [0.3, 0.4) is 0 Å². The van der Waals surface area contributed by atoms with Gasteiger partial charge in [-0.25, -0.2) is 4.79 Å². The Morgan fingerprint density at radius 2 is 1.94 bits per heavy atom. The van der Waals surface area contributed by atoms with Crippen LogP contribution in [0.1, 0.15) is 11.7 Å². The summed E-state index contributed by atoms with van der Waals surface area (Å²) in [6.45, 7) is 0.776. The first-order chi connectivity index (χ1) is 7.58. The maximum atomic E-state index is 10.6. The van der Waals surface area contributed by atoms with Gasteiger partial charge in [0.15, 0.2) is 0 Å². The zero-order chi connectivity index (χ0) is 11.7. The van der Waals surface area contributed by atoms with Crippen molar-refractivity contribution in [2.24, 2.45) is 5.92 Å². The van der Waals surface area contributed by atoms with Crippen molar-refractivity contribution in [3.8, 4) is 0 Å². The first kappa shape index (κ1) is 11.2. The Balaban J connectivity index is 1.97. The molecule has 0 saturated carbocycles. The summed E-state index contributed by atoms with van der Waals surface area (Å²) in [6, 6.07) is 6.95.